The molecule has 0 fully saturated rings. The second-order valence-electron chi connectivity index (χ2n) is 8.61. The molecule has 0 amide bonds. The fourth-order valence-electron chi connectivity index (χ4n) is 4.36. The predicted octanol–water partition coefficient (Wildman–Crippen LogP) is 8.51. The normalized spacial score (nSPS) is 18.4. The molecule has 4 aromatic carbocycles. The van der Waals surface area contributed by atoms with Crippen LogP contribution in [0, 0.1) is 0 Å². The molecular weight excluding hydrogens is 487 g/mol. The average Bonchev–Trinajstić information content (AvgIpc) is 3.67. The van der Waals surface area contributed by atoms with E-state index in [-0.39, 0.29) is 5.75 Å². The maximum absolute atomic E-state index is 12.9. The topological polar surface area (TPSA) is 66.5 Å². The van der Waals surface area contributed by atoms with Crippen LogP contribution in [0.4, 0.5) is 0 Å². The predicted molar refractivity (Wildman–Crippen MR) is 143 cm³/mol. The Morgan fingerprint density at radius 2 is 1.16 bits per heavy atom. The number of para-hydroxylation sites is 1. The van der Waals surface area contributed by atoms with Crippen molar-refractivity contribution in [2.24, 2.45) is 0 Å². The van der Waals surface area contributed by atoms with E-state index < -0.39 is 7.82 Å². The third-order valence-corrected chi connectivity index (χ3v) is 7.26. The number of rotatable bonds is 6. The van der Waals surface area contributed by atoms with Gasteiger partial charge in [-0.3, -0.25) is 0 Å². The van der Waals surface area contributed by atoms with Gasteiger partial charge in [0.05, 0.1) is 0 Å². The van der Waals surface area contributed by atoms with Crippen LogP contribution in [0.1, 0.15) is 33.4 Å². The van der Waals surface area contributed by atoms with Crippen LogP contribution in [0.2, 0.25) is 0 Å². The largest absolute Gasteiger partial charge is 0.625 e. The van der Waals surface area contributed by atoms with E-state index in [0.29, 0.717) is 22.6 Å². The number of hydrogen-bond donors (Lipinski definition) is 0. The SMILES string of the molecule is O=P12OOc3c(/C=C/c4cccc5c4O5)c(/C=C/c4ccccc4)c(/C=C/c4ccccc4)c(c3O1)O2. The van der Waals surface area contributed by atoms with Gasteiger partial charge in [-0.1, -0.05) is 102 Å². The fraction of sp³-hybridized carbons (Fsp3) is 0. The lowest BCUT2D eigenvalue weighted by Gasteiger charge is -2.17. The lowest BCUT2D eigenvalue weighted by atomic mass is 9.95. The van der Waals surface area contributed by atoms with Gasteiger partial charge in [-0.15, -0.1) is 0 Å². The number of fused-ring (bicyclic) bond motifs is 2. The maximum atomic E-state index is 12.9. The van der Waals surface area contributed by atoms with Crippen molar-refractivity contribution in [2.75, 3.05) is 0 Å². The van der Waals surface area contributed by atoms with Crippen LogP contribution in [-0.4, -0.2) is 0 Å². The Morgan fingerprint density at radius 3 is 1.89 bits per heavy atom. The molecule has 0 saturated heterocycles. The number of ether oxygens (including phenoxy) is 1. The summed E-state index contributed by atoms with van der Waals surface area (Å²) in [6.45, 7) is 0. The van der Waals surface area contributed by atoms with Gasteiger partial charge in [0.15, 0.2) is 17.2 Å². The lowest BCUT2D eigenvalue weighted by molar-refractivity contribution is -0.125. The van der Waals surface area contributed by atoms with E-state index in [4.69, 9.17) is 23.3 Å². The minimum absolute atomic E-state index is 0.263. The van der Waals surface area contributed by atoms with Crippen LogP contribution < -0.4 is 18.7 Å². The van der Waals surface area contributed by atoms with Crippen molar-refractivity contribution in [1.82, 2.24) is 0 Å². The summed E-state index contributed by atoms with van der Waals surface area (Å²) in [5.74, 6) is 2.60. The van der Waals surface area contributed by atoms with Crippen LogP contribution in [0.5, 0.6) is 28.7 Å². The van der Waals surface area contributed by atoms with E-state index >= 15 is 0 Å². The molecule has 3 aliphatic rings. The fourth-order valence-corrected chi connectivity index (χ4v) is 5.42. The zero-order valence-electron chi connectivity index (χ0n) is 19.4. The van der Waals surface area contributed by atoms with Crippen LogP contribution in [-0.2, 0) is 9.24 Å². The highest BCUT2D eigenvalue weighted by atomic mass is 31.2. The first-order valence-electron chi connectivity index (χ1n) is 11.7. The molecule has 7 heteroatoms. The Kier molecular flexibility index (Phi) is 5.03. The van der Waals surface area contributed by atoms with Gasteiger partial charge in [0.1, 0.15) is 0 Å². The van der Waals surface area contributed by atoms with Crippen LogP contribution in [0.15, 0.2) is 78.9 Å². The summed E-state index contributed by atoms with van der Waals surface area (Å²) < 4.78 is 34.8. The third kappa shape index (κ3) is 4.02. The molecule has 7 rings (SSSR count). The standard InChI is InChI=1S/C30H19O6P/c31-37-34-29-25(18-15-21-10-5-2-6-11-21)23(17-14-20-8-3-1-4-9-20)24(28(33-36-37)30(29)35-37)19-16-22-12-7-13-26-27(22)32-26/h1-19H/b17-14+,18-15+,19-16+. The third-order valence-electron chi connectivity index (χ3n) is 6.19. The summed E-state index contributed by atoms with van der Waals surface area (Å²) in [5, 5.41) is 0. The highest BCUT2D eigenvalue weighted by Crippen LogP contribution is 2.68. The number of benzene rings is 4. The number of phosphoric ester groups is 1. The van der Waals surface area contributed by atoms with Crippen LogP contribution in [0.3, 0.4) is 0 Å². The van der Waals surface area contributed by atoms with Crippen molar-refractivity contribution < 1.29 is 27.9 Å². The zero-order chi connectivity index (χ0) is 24.8. The molecule has 37 heavy (non-hydrogen) atoms. The van der Waals surface area contributed by atoms with Gasteiger partial charge < -0.3 is 18.7 Å². The first kappa shape index (κ1) is 21.7. The van der Waals surface area contributed by atoms with Gasteiger partial charge in [0, 0.05) is 16.7 Å². The van der Waals surface area contributed by atoms with Crippen molar-refractivity contribution in [3.63, 3.8) is 0 Å². The van der Waals surface area contributed by atoms with E-state index in [0.717, 1.165) is 33.8 Å². The Balaban J connectivity index is 1.43. The summed E-state index contributed by atoms with van der Waals surface area (Å²) in [7, 11) is -3.90. The van der Waals surface area contributed by atoms with Gasteiger partial charge in [0.25, 0.3) is 0 Å². The Morgan fingerprint density at radius 1 is 0.541 bits per heavy atom. The van der Waals surface area contributed by atoms with Crippen molar-refractivity contribution in [2.45, 2.75) is 0 Å². The molecule has 2 bridgehead atoms. The molecule has 0 spiro atoms. The van der Waals surface area contributed by atoms with E-state index in [1.165, 1.54) is 0 Å². The van der Waals surface area contributed by atoms with Crippen LogP contribution >= 0.6 is 7.82 Å². The molecule has 3 heterocycles. The second kappa shape index (κ2) is 8.56. The minimum Gasteiger partial charge on any atom is -0.449 e. The highest BCUT2D eigenvalue weighted by molar-refractivity contribution is 7.49. The number of hydrogen-bond acceptors (Lipinski definition) is 6. The van der Waals surface area contributed by atoms with Gasteiger partial charge in [-0.05, 0) is 34.9 Å². The smallest absolute Gasteiger partial charge is 0.449 e. The second-order valence-corrected chi connectivity index (χ2v) is 10.0. The molecule has 0 radical (unpaired) electrons. The number of phosphoric acid groups is 1. The molecule has 1 atom stereocenters. The first-order chi connectivity index (χ1) is 18.2. The summed E-state index contributed by atoms with van der Waals surface area (Å²) >= 11 is 0. The zero-order valence-corrected chi connectivity index (χ0v) is 20.3. The Labute approximate surface area is 213 Å². The molecule has 0 aliphatic carbocycles. The molecule has 6 nitrogen and oxygen atoms in total. The van der Waals surface area contributed by atoms with Crippen molar-refractivity contribution in [3.05, 3.63) is 112 Å². The molecule has 1 unspecified atom stereocenters. The van der Waals surface area contributed by atoms with E-state index in [2.05, 4.69) is 0 Å². The van der Waals surface area contributed by atoms with E-state index in [9.17, 15) is 4.57 Å². The Hall–Kier alpha value is -4.51. The summed E-state index contributed by atoms with van der Waals surface area (Å²) in [6, 6.07) is 25.7. The molecule has 0 N–H and O–H groups in total. The van der Waals surface area contributed by atoms with E-state index in [1.807, 2.05) is 115 Å². The van der Waals surface area contributed by atoms with Crippen molar-refractivity contribution in [1.29, 1.82) is 0 Å². The quantitative estimate of drug-likeness (QED) is 0.0995. The minimum atomic E-state index is -3.90. The molecule has 4 aromatic rings. The van der Waals surface area contributed by atoms with Gasteiger partial charge in [-0.25, -0.2) is 4.57 Å². The van der Waals surface area contributed by atoms with Gasteiger partial charge in [0.2, 0.25) is 11.5 Å². The average molecular weight is 506 g/mol. The highest BCUT2D eigenvalue weighted by Gasteiger charge is 2.50. The first-order valence-corrected chi connectivity index (χ1v) is 13.2. The summed E-state index contributed by atoms with van der Waals surface area (Å²) in [6.07, 6.45) is 11.7. The molecular formula is C30H19O6P. The molecule has 3 aliphatic heterocycles. The Bertz CT molecular complexity index is 1670. The molecule has 0 saturated carbocycles. The van der Waals surface area contributed by atoms with Crippen molar-refractivity contribution in [3.8, 4) is 28.7 Å². The van der Waals surface area contributed by atoms with Crippen molar-refractivity contribution >= 4 is 44.3 Å². The monoisotopic (exact) mass is 506 g/mol. The maximum Gasteiger partial charge on any atom is 0.625 e. The summed E-state index contributed by atoms with van der Waals surface area (Å²) in [4.78, 5) is 5.51. The van der Waals surface area contributed by atoms with Gasteiger partial charge in [-0.2, -0.15) is 0 Å². The van der Waals surface area contributed by atoms with Crippen LogP contribution in [0.25, 0.3) is 36.5 Å². The molecule has 0 aromatic heterocycles. The van der Waals surface area contributed by atoms with Gasteiger partial charge >= 0.3 is 7.82 Å². The van der Waals surface area contributed by atoms with E-state index in [1.54, 1.807) is 0 Å². The summed E-state index contributed by atoms with van der Waals surface area (Å²) in [5.41, 5.74) is 5.14. The lowest BCUT2D eigenvalue weighted by Crippen LogP contribution is -2.06. The molecule has 180 valence electrons.